The van der Waals surface area contributed by atoms with Crippen molar-refractivity contribution in [2.24, 2.45) is 5.73 Å². The van der Waals surface area contributed by atoms with Gasteiger partial charge in [0.1, 0.15) is 18.0 Å². The van der Waals surface area contributed by atoms with Crippen molar-refractivity contribution < 1.29 is 9.84 Å². The summed E-state index contributed by atoms with van der Waals surface area (Å²) in [6.45, 7) is 2.72. The lowest BCUT2D eigenvalue weighted by molar-refractivity contribution is 0.0853. The van der Waals surface area contributed by atoms with Gasteiger partial charge in [-0.15, -0.1) is 0 Å². The summed E-state index contributed by atoms with van der Waals surface area (Å²) in [5, 5.41) is 13.3. The van der Waals surface area contributed by atoms with Gasteiger partial charge in [-0.3, -0.25) is 0 Å². The minimum atomic E-state index is -0.360. The molecule has 0 aliphatic carbocycles. The van der Waals surface area contributed by atoms with E-state index in [0.717, 1.165) is 43.4 Å². The largest absolute Gasteiger partial charge is 0.391 e. The fraction of sp³-hybridized carbons (Fsp3) is 0.500. The summed E-state index contributed by atoms with van der Waals surface area (Å²) in [4.78, 5) is 10.8. The first kappa shape index (κ1) is 18.2. The second kappa shape index (κ2) is 8.21. The molecule has 4 N–H and O–H groups in total. The van der Waals surface area contributed by atoms with Gasteiger partial charge < -0.3 is 25.8 Å². The Morgan fingerprint density at radius 3 is 2.89 bits per heavy atom. The summed E-state index contributed by atoms with van der Waals surface area (Å²) in [6.07, 6.45) is 4.01. The van der Waals surface area contributed by atoms with Gasteiger partial charge in [-0.25, -0.2) is 9.97 Å². The number of aromatic nitrogens is 2. The Morgan fingerprint density at radius 2 is 2.07 bits per heavy atom. The molecule has 2 saturated heterocycles. The Balaban J connectivity index is 1.50. The molecule has 0 radical (unpaired) electrons. The summed E-state index contributed by atoms with van der Waals surface area (Å²) < 4.78 is 5.47. The first-order chi connectivity index (χ1) is 13.2. The lowest BCUT2D eigenvalue weighted by atomic mass is 9.91. The number of aliphatic hydroxyl groups excluding tert-OH is 1. The molecule has 1 aromatic carbocycles. The monoisotopic (exact) mass is 369 g/mol. The molecular weight excluding hydrogens is 342 g/mol. The van der Waals surface area contributed by atoms with Gasteiger partial charge in [-0.2, -0.15) is 0 Å². The zero-order valence-corrected chi connectivity index (χ0v) is 15.4. The number of nitrogens with one attached hydrogen (secondary N) is 1. The van der Waals surface area contributed by atoms with Crippen LogP contribution in [0.4, 0.5) is 17.3 Å². The van der Waals surface area contributed by atoms with Crippen molar-refractivity contribution in [3.05, 3.63) is 42.2 Å². The highest BCUT2D eigenvalue weighted by atomic mass is 16.5. The van der Waals surface area contributed by atoms with Crippen LogP contribution in [0.1, 0.15) is 30.7 Å². The Labute approximate surface area is 159 Å². The van der Waals surface area contributed by atoms with E-state index in [-0.39, 0.29) is 12.1 Å². The molecule has 0 saturated carbocycles. The van der Waals surface area contributed by atoms with Gasteiger partial charge in [-0.1, -0.05) is 12.1 Å². The normalized spacial score (nSPS) is 23.6. The van der Waals surface area contributed by atoms with Crippen molar-refractivity contribution in [3.63, 3.8) is 0 Å². The van der Waals surface area contributed by atoms with E-state index in [4.69, 9.17) is 10.5 Å². The van der Waals surface area contributed by atoms with Crippen LogP contribution in [0.3, 0.4) is 0 Å². The molecule has 27 heavy (non-hydrogen) atoms. The second-order valence-electron chi connectivity index (χ2n) is 7.33. The fourth-order valence-corrected chi connectivity index (χ4v) is 4.02. The predicted octanol–water partition coefficient (Wildman–Crippen LogP) is 2.01. The minimum absolute atomic E-state index is 0.111. The number of anilines is 3. The van der Waals surface area contributed by atoms with E-state index in [1.807, 2.05) is 12.1 Å². The average Bonchev–Trinajstić information content (AvgIpc) is 3.10. The third-order valence-electron chi connectivity index (χ3n) is 5.46. The summed E-state index contributed by atoms with van der Waals surface area (Å²) in [5.41, 5.74) is 8.20. The lowest BCUT2D eigenvalue weighted by Crippen LogP contribution is -2.36. The molecule has 0 unspecified atom stereocenters. The van der Waals surface area contributed by atoms with Crippen LogP contribution in [-0.4, -0.2) is 53.5 Å². The van der Waals surface area contributed by atoms with Crippen molar-refractivity contribution >= 4 is 17.3 Å². The Kier molecular flexibility index (Phi) is 5.52. The number of nitrogens with two attached hydrogens (primary N) is 1. The van der Waals surface area contributed by atoms with Crippen molar-refractivity contribution in [2.45, 2.75) is 37.3 Å². The number of hydrogen-bond donors (Lipinski definition) is 3. The van der Waals surface area contributed by atoms with Gasteiger partial charge in [0.05, 0.1) is 6.10 Å². The third-order valence-corrected chi connectivity index (χ3v) is 5.46. The molecule has 2 atom stereocenters. The molecule has 2 aliphatic rings. The van der Waals surface area contributed by atoms with E-state index in [1.165, 1.54) is 5.56 Å². The van der Waals surface area contributed by atoms with E-state index in [9.17, 15) is 5.11 Å². The van der Waals surface area contributed by atoms with E-state index >= 15 is 0 Å². The summed E-state index contributed by atoms with van der Waals surface area (Å²) in [7, 11) is 0. The smallest absolute Gasteiger partial charge is 0.135 e. The first-order valence-electron chi connectivity index (χ1n) is 9.64. The molecule has 3 heterocycles. The molecule has 0 spiro atoms. The minimum Gasteiger partial charge on any atom is -0.391 e. The van der Waals surface area contributed by atoms with Gasteiger partial charge in [0.15, 0.2) is 0 Å². The number of benzene rings is 1. The Hall–Kier alpha value is -2.22. The maximum absolute atomic E-state index is 9.96. The highest BCUT2D eigenvalue weighted by Gasteiger charge is 2.31. The van der Waals surface area contributed by atoms with Crippen LogP contribution in [0.5, 0.6) is 0 Å². The molecule has 0 bridgehead atoms. The molecule has 4 rings (SSSR count). The van der Waals surface area contributed by atoms with E-state index in [2.05, 4.69) is 38.4 Å². The highest BCUT2D eigenvalue weighted by molar-refractivity contribution is 5.60. The summed E-state index contributed by atoms with van der Waals surface area (Å²) >= 11 is 0. The molecular formula is C20H27N5O2. The number of hydrogen-bond acceptors (Lipinski definition) is 7. The van der Waals surface area contributed by atoms with Gasteiger partial charge in [0.2, 0.25) is 0 Å². The zero-order chi connectivity index (χ0) is 18.6. The van der Waals surface area contributed by atoms with Crippen LogP contribution in [0.2, 0.25) is 0 Å². The highest BCUT2D eigenvalue weighted by Crippen LogP contribution is 2.30. The second-order valence-corrected chi connectivity index (χ2v) is 7.33. The van der Waals surface area contributed by atoms with Crippen LogP contribution in [0.15, 0.2) is 36.7 Å². The van der Waals surface area contributed by atoms with Crippen molar-refractivity contribution in [1.29, 1.82) is 0 Å². The van der Waals surface area contributed by atoms with Crippen LogP contribution >= 0.6 is 0 Å². The lowest BCUT2D eigenvalue weighted by Gasteiger charge is -2.24. The summed E-state index contributed by atoms with van der Waals surface area (Å²) in [5.74, 6) is 2.08. The number of aliphatic hydroxyl groups is 1. The van der Waals surface area contributed by atoms with Crippen LogP contribution < -0.4 is 16.0 Å². The van der Waals surface area contributed by atoms with E-state index in [1.54, 1.807) is 6.33 Å². The molecule has 0 amide bonds. The SMILES string of the molecule is NC[C@H]1C[C@@H](O)CN1c1cc(Nc2cccc(C3CCOCC3)c2)ncn1. The maximum atomic E-state index is 9.96. The molecule has 7 nitrogen and oxygen atoms in total. The van der Waals surface area contributed by atoms with Crippen molar-refractivity contribution in [2.75, 3.05) is 36.5 Å². The van der Waals surface area contributed by atoms with Crippen LogP contribution in [0.25, 0.3) is 0 Å². The zero-order valence-electron chi connectivity index (χ0n) is 15.4. The quantitative estimate of drug-likeness (QED) is 0.742. The molecule has 2 fully saturated rings. The fourth-order valence-electron chi connectivity index (χ4n) is 4.02. The molecule has 2 aromatic rings. The topological polar surface area (TPSA) is 96.5 Å². The van der Waals surface area contributed by atoms with Gasteiger partial charge in [0, 0.05) is 44.1 Å². The molecule has 1 aromatic heterocycles. The predicted molar refractivity (Wildman–Crippen MR) is 105 cm³/mol. The Morgan fingerprint density at radius 1 is 1.22 bits per heavy atom. The van der Waals surface area contributed by atoms with Crippen molar-refractivity contribution in [3.8, 4) is 0 Å². The molecule has 144 valence electrons. The van der Waals surface area contributed by atoms with Gasteiger partial charge >= 0.3 is 0 Å². The number of rotatable bonds is 5. The molecule has 7 heteroatoms. The number of β-amino-alcohol motifs (C(OH)–C–C–N with tert-alkyl or cyclic N) is 1. The first-order valence-corrected chi connectivity index (χ1v) is 9.64. The van der Waals surface area contributed by atoms with E-state index in [0.29, 0.717) is 25.4 Å². The van der Waals surface area contributed by atoms with E-state index < -0.39 is 0 Å². The average molecular weight is 369 g/mol. The van der Waals surface area contributed by atoms with Gasteiger partial charge in [-0.05, 0) is 42.9 Å². The van der Waals surface area contributed by atoms with Gasteiger partial charge in [0.25, 0.3) is 0 Å². The Bertz CT molecular complexity index is 766. The van der Waals surface area contributed by atoms with Crippen molar-refractivity contribution in [1.82, 2.24) is 9.97 Å². The standard InChI is InChI=1S/C20H27N5O2/c21-11-17-9-18(26)12-25(17)20-10-19(22-13-23-20)24-16-3-1-2-15(8-16)14-4-6-27-7-5-14/h1-3,8,10,13-14,17-18,26H,4-7,9,11-12,21H2,(H,22,23,24)/t17-,18-/m1/s1. The number of ether oxygens (including phenoxy) is 1. The molecule has 2 aliphatic heterocycles. The maximum Gasteiger partial charge on any atom is 0.135 e. The van der Waals surface area contributed by atoms with Crippen LogP contribution in [-0.2, 0) is 4.74 Å². The number of nitrogens with zero attached hydrogens (tertiary/aromatic N) is 3. The third kappa shape index (κ3) is 4.21. The summed E-state index contributed by atoms with van der Waals surface area (Å²) in [6, 6.07) is 10.5. The van der Waals surface area contributed by atoms with Crippen LogP contribution in [0, 0.1) is 0 Å².